The highest BCUT2D eigenvalue weighted by molar-refractivity contribution is 5.73. The second kappa shape index (κ2) is 5.46. The molecule has 1 aromatic carbocycles. The SMILES string of the molecule is CCOc1cccc(NC(C)CO)c1N. The molecule has 1 atom stereocenters. The summed E-state index contributed by atoms with van der Waals surface area (Å²) in [5, 5.41) is 12.0. The summed E-state index contributed by atoms with van der Waals surface area (Å²) < 4.78 is 5.37. The maximum Gasteiger partial charge on any atom is 0.144 e. The van der Waals surface area contributed by atoms with E-state index in [1.807, 2.05) is 32.0 Å². The van der Waals surface area contributed by atoms with Crippen molar-refractivity contribution < 1.29 is 9.84 Å². The summed E-state index contributed by atoms with van der Waals surface area (Å²) in [7, 11) is 0. The van der Waals surface area contributed by atoms with Gasteiger partial charge in [0.1, 0.15) is 5.75 Å². The van der Waals surface area contributed by atoms with Crippen molar-refractivity contribution in [2.45, 2.75) is 19.9 Å². The summed E-state index contributed by atoms with van der Waals surface area (Å²) >= 11 is 0. The van der Waals surface area contributed by atoms with Crippen LogP contribution in [0.1, 0.15) is 13.8 Å². The maximum absolute atomic E-state index is 8.93. The molecular weight excluding hydrogens is 192 g/mol. The first-order chi connectivity index (χ1) is 7.19. The predicted octanol–water partition coefficient (Wildman–Crippen LogP) is 1.46. The van der Waals surface area contributed by atoms with E-state index in [1.54, 1.807) is 0 Å². The Balaban J connectivity index is 2.84. The van der Waals surface area contributed by atoms with E-state index in [4.69, 9.17) is 15.6 Å². The zero-order chi connectivity index (χ0) is 11.3. The summed E-state index contributed by atoms with van der Waals surface area (Å²) in [6, 6.07) is 5.54. The Hall–Kier alpha value is -1.42. The van der Waals surface area contributed by atoms with Gasteiger partial charge in [0.15, 0.2) is 0 Å². The molecular formula is C11H18N2O2. The van der Waals surface area contributed by atoms with Crippen molar-refractivity contribution in [1.29, 1.82) is 0 Å². The van der Waals surface area contributed by atoms with Crippen molar-refractivity contribution in [3.05, 3.63) is 18.2 Å². The van der Waals surface area contributed by atoms with Crippen LogP contribution < -0.4 is 15.8 Å². The first kappa shape index (κ1) is 11.7. The smallest absolute Gasteiger partial charge is 0.144 e. The Morgan fingerprint density at radius 1 is 1.53 bits per heavy atom. The minimum absolute atomic E-state index is 0.0239. The monoisotopic (exact) mass is 210 g/mol. The summed E-state index contributed by atoms with van der Waals surface area (Å²) in [6.45, 7) is 4.45. The average molecular weight is 210 g/mol. The number of nitrogens with two attached hydrogens (primary N) is 1. The standard InChI is InChI=1S/C11H18N2O2/c1-3-15-10-6-4-5-9(11(10)12)13-8(2)7-14/h4-6,8,13-14H,3,7,12H2,1-2H3. The van der Waals surface area contributed by atoms with E-state index in [0.29, 0.717) is 18.0 Å². The van der Waals surface area contributed by atoms with Crippen LogP contribution in [0.25, 0.3) is 0 Å². The molecule has 1 rings (SSSR count). The van der Waals surface area contributed by atoms with Crippen molar-refractivity contribution in [3.63, 3.8) is 0 Å². The zero-order valence-electron chi connectivity index (χ0n) is 9.16. The van der Waals surface area contributed by atoms with Crippen molar-refractivity contribution in [3.8, 4) is 5.75 Å². The topological polar surface area (TPSA) is 67.5 Å². The third-order valence-corrected chi connectivity index (χ3v) is 2.04. The number of hydrogen-bond donors (Lipinski definition) is 3. The second-order valence-corrected chi connectivity index (χ2v) is 3.38. The quantitative estimate of drug-likeness (QED) is 0.644. The molecule has 0 amide bonds. The van der Waals surface area contributed by atoms with Crippen molar-refractivity contribution in [2.75, 3.05) is 24.3 Å². The Morgan fingerprint density at radius 2 is 2.27 bits per heavy atom. The van der Waals surface area contributed by atoms with E-state index in [2.05, 4.69) is 5.32 Å². The molecule has 0 bridgehead atoms. The van der Waals surface area contributed by atoms with Gasteiger partial charge in [0, 0.05) is 6.04 Å². The van der Waals surface area contributed by atoms with Gasteiger partial charge in [-0.15, -0.1) is 0 Å². The Kier molecular flexibility index (Phi) is 4.24. The van der Waals surface area contributed by atoms with Gasteiger partial charge in [-0.1, -0.05) is 6.07 Å². The molecule has 4 N–H and O–H groups in total. The number of ether oxygens (including phenoxy) is 1. The molecule has 0 spiro atoms. The summed E-state index contributed by atoms with van der Waals surface area (Å²) in [4.78, 5) is 0. The first-order valence-corrected chi connectivity index (χ1v) is 5.07. The zero-order valence-corrected chi connectivity index (χ0v) is 9.16. The van der Waals surface area contributed by atoms with Crippen molar-refractivity contribution >= 4 is 11.4 Å². The van der Waals surface area contributed by atoms with Crippen molar-refractivity contribution in [1.82, 2.24) is 0 Å². The molecule has 1 unspecified atom stereocenters. The number of benzene rings is 1. The fraction of sp³-hybridized carbons (Fsp3) is 0.455. The summed E-state index contributed by atoms with van der Waals surface area (Å²) in [6.07, 6.45) is 0. The molecule has 0 aromatic heterocycles. The van der Waals surface area contributed by atoms with Crippen LogP contribution in [-0.2, 0) is 0 Å². The number of nitrogen functional groups attached to an aromatic ring is 1. The molecule has 0 fully saturated rings. The van der Waals surface area contributed by atoms with Crippen LogP contribution in [-0.4, -0.2) is 24.4 Å². The summed E-state index contributed by atoms with van der Waals surface area (Å²) in [5.41, 5.74) is 7.28. The highest BCUT2D eigenvalue weighted by Gasteiger charge is 2.07. The van der Waals surface area contributed by atoms with E-state index in [0.717, 1.165) is 5.69 Å². The van der Waals surface area contributed by atoms with Crippen LogP contribution in [0.15, 0.2) is 18.2 Å². The van der Waals surface area contributed by atoms with Crippen LogP contribution in [0.4, 0.5) is 11.4 Å². The Bertz CT molecular complexity index is 315. The van der Waals surface area contributed by atoms with Crippen LogP contribution in [0.3, 0.4) is 0 Å². The predicted molar refractivity (Wildman–Crippen MR) is 62.2 cm³/mol. The number of nitrogens with one attached hydrogen (secondary N) is 1. The largest absolute Gasteiger partial charge is 0.492 e. The van der Waals surface area contributed by atoms with E-state index in [1.165, 1.54) is 0 Å². The molecule has 4 heteroatoms. The van der Waals surface area contributed by atoms with Gasteiger partial charge in [0.25, 0.3) is 0 Å². The van der Waals surface area contributed by atoms with Gasteiger partial charge in [0.05, 0.1) is 24.6 Å². The molecule has 84 valence electrons. The van der Waals surface area contributed by atoms with Crippen LogP contribution in [0.2, 0.25) is 0 Å². The second-order valence-electron chi connectivity index (χ2n) is 3.38. The van der Waals surface area contributed by atoms with E-state index in [-0.39, 0.29) is 12.6 Å². The number of para-hydroxylation sites is 1. The number of rotatable bonds is 5. The van der Waals surface area contributed by atoms with E-state index in [9.17, 15) is 0 Å². The number of aliphatic hydroxyl groups excluding tert-OH is 1. The van der Waals surface area contributed by atoms with Crippen LogP contribution in [0, 0.1) is 0 Å². The normalized spacial score (nSPS) is 12.2. The summed E-state index contributed by atoms with van der Waals surface area (Å²) in [5.74, 6) is 0.674. The minimum atomic E-state index is -0.0239. The van der Waals surface area contributed by atoms with E-state index >= 15 is 0 Å². The van der Waals surface area contributed by atoms with Gasteiger partial charge < -0.3 is 20.9 Å². The Morgan fingerprint density at radius 3 is 2.87 bits per heavy atom. The lowest BCUT2D eigenvalue weighted by atomic mass is 10.2. The minimum Gasteiger partial charge on any atom is -0.492 e. The van der Waals surface area contributed by atoms with Gasteiger partial charge in [0.2, 0.25) is 0 Å². The molecule has 0 saturated carbocycles. The highest BCUT2D eigenvalue weighted by Crippen LogP contribution is 2.29. The molecule has 1 aromatic rings. The molecule has 15 heavy (non-hydrogen) atoms. The van der Waals surface area contributed by atoms with E-state index < -0.39 is 0 Å². The van der Waals surface area contributed by atoms with Gasteiger partial charge in [-0.2, -0.15) is 0 Å². The molecule has 0 radical (unpaired) electrons. The third kappa shape index (κ3) is 3.02. The molecule has 0 saturated heterocycles. The fourth-order valence-electron chi connectivity index (χ4n) is 1.26. The van der Waals surface area contributed by atoms with Crippen LogP contribution in [0.5, 0.6) is 5.75 Å². The van der Waals surface area contributed by atoms with Gasteiger partial charge in [-0.3, -0.25) is 0 Å². The first-order valence-electron chi connectivity index (χ1n) is 5.07. The lowest BCUT2D eigenvalue weighted by Gasteiger charge is -2.16. The molecule has 0 aliphatic carbocycles. The molecule has 0 aliphatic heterocycles. The number of anilines is 2. The van der Waals surface area contributed by atoms with Crippen LogP contribution >= 0.6 is 0 Å². The molecule has 0 aliphatic rings. The van der Waals surface area contributed by atoms with Gasteiger partial charge in [-0.25, -0.2) is 0 Å². The lowest BCUT2D eigenvalue weighted by molar-refractivity contribution is 0.281. The van der Waals surface area contributed by atoms with Gasteiger partial charge in [-0.05, 0) is 26.0 Å². The number of hydrogen-bond acceptors (Lipinski definition) is 4. The average Bonchev–Trinajstić information content (AvgIpc) is 2.24. The molecule has 0 heterocycles. The van der Waals surface area contributed by atoms with Crippen molar-refractivity contribution in [2.24, 2.45) is 0 Å². The maximum atomic E-state index is 8.93. The number of aliphatic hydroxyl groups is 1. The Labute approximate surface area is 90.1 Å². The molecule has 4 nitrogen and oxygen atoms in total. The third-order valence-electron chi connectivity index (χ3n) is 2.04. The highest BCUT2D eigenvalue weighted by atomic mass is 16.5. The lowest BCUT2D eigenvalue weighted by Crippen LogP contribution is -2.20. The fourth-order valence-corrected chi connectivity index (χ4v) is 1.26. The van der Waals surface area contributed by atoms with Gasteiger partial charge >= 0.3 is 0 Å².